The Morgan fingerprint density at radius 1 is 1.64 bits per heavy atom. The number of hydrogen-bond acceptors (Lipinski definition) is 3. The molecule has 5 heteroatoms. The Morgan fingerprint density at radius 2 is 2.36 bits per heavy atom. The maximum absolute atomic E-state index is 11.0. The van der Waals surface area contributed by atoms with Crippen molar-refractivity contribution in [3.8, 4) is 0 Å². The first-order valence-corrected chi connectivity index (χ1v) is 4.29. The number of halogens is 2. The van der Waals surface area contributed by atoms with Crippen LogP contribution in [0, 0.1) is 0 Å². The fourth-order valence-corrected chi connectivity index (χ4v) is 1.23. The van der Waals surface area contributed by atoms with Crippen LogP contribution in [0.3, 0.4) is 0 Å². The summed E-state index contributed by atoms with van der Waals surface area (Å²) in [6, 6.07) is -0.213. The summed E-state index contributed by atoms with van der Waals surface area (Å²) in [6.45, 7) is 0.856. The molecule has 1 fully saturated rings. The van der Waals surface area contributed by atoms with Gasteiger partial charge in [-0.15, -0.1) is 0 Å². The van der Waals surface area contributed by atoms with Crippen LogP contribution in [0.5, 0.6) is 0 Å². The van der Waals surface area contributed by atoms with Gasteiger partial charge in [-0.2, -0.15) is 0 Å². The van der Waals surface area contributed by atoms with Gasteiger partial charge < -0.3 is 10.1 Å². The Balaban J connectivity index is 2.28. The van der Waals surface area contributed by atoms with Gasteiger partial charge in [0.1, 0.15) is 6.04 Å². The smallest absolute Gasteiger partial charge is 0.325 e. The number of ether oxygens (including phenoxy) is 1. The zero-order chi connectivity index (χ0) is 8.27. The number of esters is 1. The Morgan fingerprint density at radius 3 is 2.82 bits per heavy atom. The molecule has 3 nitrogen and oxygen atoms in total. The number of carbonyl (C=O) groups excluding carboxylic acids is 1. The number of rotatable bonds is 2. The third-order valence-electron chi connectivity index (χ3n) is 1.55. The van der Waals surface area contributed by atoms with Crippen molar-refractivity contribution in [3.05, 3.63) is 0 Å². The van der Waals surface area contributed by atoms with Crippen molar-refractivity contribution < 1.29 is 9.53 Å². The maximum atomic E-state index is 11.0. The highest BCUT2D eigenvalue weighted by molar-refractivity contribution is 6.43. The van der Waals surface area contributed by atoms with Crippen LogP contribution in [-0.4, -0.2) is 23.6 Å². The van der Waals surface area contributed by atoms with E-state index in [4.69, 9.17) is 23.2 Å². The van der Waals surface area contributed by atoms with Crippen LogP contribution in [0.2, 0.25) is 0 Å². The minimum Gasteiger partial charge on any atom is -0.430 e. The van der Waals surface area contributed by atoms with Crippen molar-refractivity contribution in [2.45, 2.75) is 23.9 Å². The molecular weight excluding hydrogens is 189 g/mol. The first-order valence-electron chi connectivity index (χ1n) is 3.42. The van der Waals surface area contributed by atoms with Crippen molar-refractivity contribution in [1.82, 2.24) is 5.32 Å². The van der Waals surface area contributed by atoms with Gasteiger partial charge in [0.15, 0.2) is 0 Å². The molecule has 0 spiro atoms. The highest BCUT2D eigenvalue weighted by atomic mass is 35.5. The van der Waals surface area contributed by atoms with Crippen molar-refractivity contribution in [2.75, 3.05) is 6.54 Å². The van der Waals surface area contributed by atoms with Crippen LogP contribution < -0.4 is 5.32 Å². The van der Waals surface area contributed by atoms with Gasteiger partial charge in [0.05, 0.1) is 0 Å². The molecule has 1 rings (SSSR count). The molecule has 0 bridgehead atoms. The second-order valence-corrected chi connectivity index (χ2v) is 3.36. The fraction of sp³-hybridized carbons (Fsp3) is 0.833. The minimum atomic E-state index is -1.05. The lowest BCUT2D eigenvalue weighted by Crippen LogP contribution is -2.33. The predicted octanol–water partition coefficient (Wildman–Crippen LogP) is 1.04. The van der Waals surface area contributed by atoms with Crippen LogP contribution in [-0.2, 0) is 9.53 Å². The van der Waals surface area contributed by atoms with Crippen LogP contribution in [0.25, 0.3) is 0 Å². The first-order chi connectivity index (χ1) is 5.20. The Hall–Kier alpha value is 0.01000. The monoisotopic (exact) mass is 197 g/mol. The molecule has 64 valence electrons. The first kappa shape index (κ1) is 9.10. The second-order valence-electron chi connectivity index (χ2n) is 2.35. The minimum absolute atomic E-state index is 0.213. The number of alkyl halides is 2. The molecule has 0 aromatic carbocycles. The SMILES string of the molecule is O=C(OC(Cl)Cl)[C@@H]1CCCN1. The van der Waals surface area contributed by atoms with E-state index in [2.05, 4.69) is 10.1 Å². The van der Waals surface area contributed by atoms with Gasteiger partial charge in [0.2, 0.25) is 0 Å². The lowest BCUT2D eigenvalue weighted by molar-refractivity contribution is -0.145. The summed E-state index contributed by atoms with van der Waals surface area (Å²) in [5.74, 6) is -0.363. The molecule has 0 aromatic rings. The lowest BCUT2D eigenvalue weighted by Gasteiger charge is -2.09. The Kier molecular flexibility index (Phi) is 3.43. The summed E-state index contributed by atoms with van der Waals surface area (Å²) < 4.78 is 4.56. The third kappa shape index (κ3) is 2.85. The number of hydrogen-bond donors (Lipinski definition) is 1. The zero-order valence-corrected chi connectivity index (χ0v) is 7.36. The standard InChI is InChI=1S/C6H9Cl2NO2/c7-6(8)11-5(10)4-2-1-3-9-4/h4,6,9H,1-3H2/t4-/m0/s1. The van der Waals surface area contributed by atoms with E-state index < -0.39 is 5.02 Å². The van der Waals surface area contributed by atoms with Crippen molar-refractivity contribution >= 4 is 29.2 Å². The number of nitrogens with one attached hydrogen (secondary N) is 1. The summed E-state index contributed by atoms with van der Waals surface area (Å²) in [4.78, 5) is 11.0. The summed E-state index contributed by atoms with van der Waals surface area (Å²) in [6.07, 6.45) is 1.80. The van der Waals surface area contributed by atoms with Crippen LogP contribution in [0.15, 0.2) is 0 Å². The normalized spacial score (nSPS) is 24.1. The second kappa shape index (κ2) is 4.14. The summed E-state index contributed by atoms with van der Waals surface area (Å²) in [5, 5.41) is 1.92. The molecule has 1 aliphatic heterocycles. The molecule has 0 radical (unpaired) electrons. The predicted molar refractivity (Wildman–Crippen MR) is 42.6 cm³/mol. The summed E-state index contributed by atoms with van der Waals surface area (Å²) in [7, 11) is 0. The number of carbonyl (C=O) groups is 1. The van der Waals surface area contributed by atoms with E-state index in [0.29, 0.717) is 0 Å². The van der Waals surface area contributed by atoms with Crippen molar-refractivity contribution in [2.24, 2.45) is 0 Å². The van der Waals surface area contributed by atoms with Gasteiger partial charge in [-0.3, -0.25) is 4.79 Å². The zero-order valence-electron chi connectivity index (χ0n) is 5.85. The molecule has 0 amide bonds. The van der Waals surface area contributed by atoms with E-state index in [0.717, 1.165) is 19.4 Å². The van der Waals surface area contributed by atoms with Crippen molar-refractivity contribution in [3.63, 3.8) is 0 Å². The Bertz CT molecular complexity index is 146. The molecule has 11 heavy (non-hydrogen) atoms. The third-order valence-corrected chi connectivity index (χ3v) is 1.73. The fourth-order valence-electron chi connectivity index (χ4n) is 1.06. The highest BCUT2D eigenvalue weighted by Gasteiger charge is 2.24. The quantitative estimate of drug-likeness (QED) is 0.532. The summed E-state index contributed by atoms with van der Waals surface area (Å²) in [5.41, 5.74) is 0. The van der Waals surface area contributed by atoms with Crippen LogP contribution in [0.1, 0.15) is 12.8 Å². The molecule has 1 aliphatic rings. The Labute approximate surface area is 75.0 Å². The average Bonchev–Trinajstić information content (AvgIpc) is 2.35. The topological polar surface area (TPSA) is 38.3 Å². The van der Waals surface area contributed by atoms with Gasteiger partial charge in [0.25, 0.3) is 5.02 Å². The van der Waals surface area contributed by atoms with Gasteiger partial charge >= 0.3 is 5.97 Å². The average molecular weight is 198 g/mol. The van der Waals surface area contributed by atoms with Crippen molar-refractivity contribution in [1.29, 1.82) is 0 Å². The van der Waals surface area contributed by atoms with Crippen LogP contribution in [0.4, 0.5) is 0 Å². The molecule has 1 saturated heterocycles. The van der Waals surface area contributed by atoms with Gasteiger partial charge in [-0.25, -0.2) is 0 Å². The molecular formula is C6H9Cl2NO2. The van der Waals surface area contributed by atoms with E-state index in [-0.39, 0.29) is 12.0 Å². The van der Waals surface area contributed by atoms with E-state index in [1.807, 2.05) is 0 Å². The largest absolute Gasteiger partial charge is 0.430 e. The summed E-state index contributed by atoms with van der Waals surface area (Å²) >= 11 is 10.5. The van der Waals surface area contributed by atoms with E-state index in [9.17, 15) is 4.79 Å². The molecule has 1 heterocycles. The molecule has 1 N–H and O–H groups in total. The van der Waals surface area contributed by atoms with Gasteiger partial charge in [-0.05, 0) is 19.4 Å². The van der Waals surface area contributed by atoms with E-state index in [1.54, 1.807) is 0 Å². The van der Waals surface area contributed by atoms with E-state index in [1.165, 1.54) is 0 Å². The molecule has 0 aromatic heterocycles. The lowest BCUT2D eigenvalue weighted by atomic mass is 10.2. The highest BCUT2D eigenvalue weighted by Crippen LogP contribution is 2.10. The van der Waals surface area contributed by atoms with Crippen LogP contribution >= 0.6 is 23.2 Å². The maximum Gasteiger partial charge on any atom is 0.325 e. The molecule has 0 aliphatic carbocycles. The van der Waals surface area contributed by atoms with Gasteiger partial charge in [0, 0.05) is 0 Å². The molecule has 0 saturated carbocycles. The molecule has 1 atom stereocenters. The molecule has 0 unspecified atom stereocenters. The van der Waals surface area contributed by atoms with E-state index >= 15 is 0 Å². The van der Waals surface area contributed by atoms with Gasteiger partial charge in [-0.1, -0.05) is 23.2 Å².